The predicted octanol–water partition coefficient (Wildman–Crippen LogP) is 1.92. The average Bonchev–Trinajstić information content (AvgIpc) is 3.37. The molecular weight excluding hydrogens is 358 g/mol. The van der Waals surface area contributed by atoms with Crippen molar-refractivity contribution in [2.75, 3.05) is 63.8 Å². The lowest BCUT2D eigenvalue weighted by molar-refractivity contribution is 0.290. The second-order valence-electron chi connectivity index (χ2n) is 7.63. The minimum Gasteiger partial charge on any atom is -0.357 e. The monoisotopic (exact) mass is 393 g/mol. The molecule has 0 spiro atoms. The van der Waals surface area contributed by atoms with Crippen molar-refractivity contribution in [3.63, 3.8) is 0 Å². The predicted molar refractivity (Wildman–Crippen MR) is 114 cm³/mol. The lowest BCUT2D eigenvalue weighted by Crippen LogP contribution is -2.52. The van der Waals surface area contributed by atoms with Crippen molar-refractivity contribution < 1.29 is 0 Å². The van der Waals surface area contributed by atoms with Crippen LogP contribution in [-0.4, -0.2) is 84.0 Å². The third-order valence-electron chi connectivity index (χ3n) is 5.28. The first kappa shape index (κ1) is 20.3. The van der Waals surface area contributed by atoms with Gasteiger partial charge in [0.15, 0.2) is 5.96 Å². The maximum Gasteiger partial charge on any atom is 0.205 e. The first-order chi connectivity index (χ1) is 13.2. The summed E-state index contributed by atoms with van der Waals surface area (Å²) in [6.45, 7) is 16.0. The summed E-state index contributed by atoms with van der Waals surface area (Å²) in [7, 11) is 0. The lowest BCUT2D eigenvalue weighted by Gasteiger charge is -2.36. The van der Waals surface area contributed by atoms with Crippen molar-refractivity contribution in [2.24, 2.45) is 10.9 Å². The minimum absolute atomic E-state index is 0.604. The molecule has 0 aliphatic carbocycles. The largest absolute Gasteiger partial charge is 0.357 e. The van der Waals surface area contributed by atoms with Crippen LogP contribution in [0.3, 0.4) is 0 Å². The Labute approximate surface area is 168 Å². The number of rotatable bonds is 7. The number of aromatic nitrogens is 2. The fourth-order valence-electron chi connectivity index (χ4n) is 3.76. The van der Waals surface area contributed by atoms with E-state index in [4.69, 9.17) is 4.99 Å². The van der Waals surface area contributed by atoms with Crippen LogP contribution in [-0.2, 0) is 6.42 Å². The molecule has 1 atom stereocenters. The summed E-state index contributed by atoms with van der Waals surface area (Å²) >= 11 is 1.53. The van der Waals surface area contributed by atoms with Crippen LogP contribution in [0.25, 0.3) is 0 Å². The third kappa shape index (κ3) is 5.78. The first-order valence-electron chi connectivity index (χ1n) is 10.5. The summed E-state index contributed by atoms with van der Waals surface area (Å²) in [5.41, 5.74) is 0. The molecule has 2 aliphatic rings. The molecule has 0 amide bonds. The SMILES string of the molecule is CCNC(=NCC(C)CN1CCCC1)N1CCN(c2nc(CC)ns2)CC1. The van der Waals surface area contributed by atoms with Crippen LogP contribution in [0, 0.1) is 5.92 Å². The molecule has 0 radical (unpaired) electrons. The number of aliphatic imine (C=N–C) groups is 1. The zero-order chi connectivity index (χ0) is 19.1. The van der Waals surface area contributed by atoms with Gasteiger partial charge in [-0.25, -0.2) is 4.98 Å². The van der Waals surface area contributed by atoms with Gasteiger partial charge in [0.2, 0.25) is 5.13 Å². The summed E-state index contributed by atoms with van der Waals surface area (Å²) in [6.07, 6.45) is 3.62. The van der Waals surface area contributed by atoms with Crippen LogP contribution in [0.5, 0.6) is 0 Å². The van der Waals surface area contributed by atoms with Crippen LogP contribution in [0.4, 0.5) is 5.13 Å². The smallest absolute Gasteiger partial charge is 0.205 e. The molecule has 7 nitrogen and oxygen atoms in total. The van der Waals surface area contributed by atoms with Crippen LogP contribution < -0.4 is 10.2 Å². The number of aryl methyl sites for hydroxylation is 1. The van der Waals surface area contributed by atoms with Crippen molar-refractivity contribution >= 4 is 22.6 Å². The van der Waals surface area contributed by atoms with Crippen molar-refractivity contribution in [1.29, 1.82) is 0 Å². The number of likely N-dealkylation sites (tertiary alicyclic amines) is 1. The van der Waals surface area contributed by atoms with E-state index in [-0.39, 0.29) is 0 Å². The molecule has 0 bridgehead atoms. The van der Waals surface area contributed by atoms with E-state index in [1.165, 1.54) is 44.0 Å². The van der Waals surface area contributed by atoms with E-state index in [0.717, 1.165) is 62.6 Å². The van der Waals surface area contributed by atoms with Gasteiger partial charge in [-0.05, 0) is 38.8 Å². The number of piperazine rings is 1. The molecule has 0 aromatic carbocycles. The van der Waals surface area contributed by atoms with E-state index in [9.17, 15) is 0 Å². The molecule has 0 saturated carbocycles. The summed E-state index contributed by atoms with van der Waals surface area (Å²) in [6, 6.07) is 0. The summed E-state index contributed by atoms with van der Waals surface area (Å²) < 4.78 is 4.42. The van der Waals surface area contributed by atoms with Gasteiger partial charge in [0, 0.05) is 63.8 Å². The minimum atomic E-state index is 0.604. The Balaban J connectivity index is 1.50. The van der Waals surface area contributed by atoms with Crippen LogP contribution in [0.1, 0.15) is 39.4 Å². The van der Waals surface area contributed by atoms with Crippen LogP contribution >= 0.6 is 11.5 Å². The van der Waals surface area contributed by atoms with Gasteiger partial charge in [0.25, 0.3) is 0 Å². The van der Waals surface area contributed by atoms with Gasteiger partial charge in [-0.1, -0.05) is 13.8 Å². The number of nitrogens with zero attached hydrogens (tertiary/aromatic N) is 6. The maximum atomic E-state index is 4.96. The molecule has 1 aromatic rings. The molecule has 3 heterocycles. The van der Waals surface area contributed by atoms with E-state index in [1.807, 2.05) is 0 Å². The van der Waals surface area contributed by atoms with Gasteiger partial charge >= 0.3 is 0 Å². The Hall–Kier alpha value is -1.41. The summed E-state index contributed by atoms with van der Waals surface area (Å²) in [5, 5.41) is 4.55. The normalized spacial score (nSPS) is 20.3. The van der Waals surface area contributed by atoms with Crippen molar-refractivity contribution in [3.05, 3.63) is 5.82 Å². The number of guanidine groups is 1. The molecule has 2 fully saturated rings. The van der Waals surface area contributed by atoms with Crippen LogP contribution in [0.15, 0.2) is 4.99 Å². The molecule has 1 unspecified atom stereocenters. The topological polar surface area (TPSA) is 59.9 Å². The highest BCUT2D eigenvalue weighted by Gasteiger charge is 2.22. The van der Waals surface area contributed by atoms with Gasteiger partial charge in [0.1, 0.15) is 5.82 Å². The fraction of sp³-hybridized carbons (Fsp3) is 0.842. The molecule has 2 saturated heterocycles. The van der Waals surface area contributed by atoms with Crippen molar-refractivity contribution in [3.8, 4) is 0 Å². The first-order valence-corrected chi connectivity index (χ1v) is 11.3. The van der Waals surface area contributed by atoms with E-state index < -0.39 is 0 Å². The number of anilines is 1. The Morgan fingerprint density at radius 1 is 1.15 bits per heavy atom. The number of hydrogen-bond donors (Lipinski definition) is 1. The van der Waals surface area contributed by atoms with Gasteiger partial charge in [0.05, 0.1) is 0 Å². The third-order valence-corrected chi connectivity index (χ3v) is 6.09. The van der Waals surface area contributed by atoms with E-state index >= 15 is 0 Å². The zero-order valence-electron chi connectivity index (χ0n) is 17.2. The van der Waals surface area contributed by atoms with Gasteiger partial charge in [-0.3, -0.25) is 4.99 Å². The molecular formula is C19H35N7S. The van der Waals surface area contributed by atoms with E-state index in [0.29, 0.717) is 5.92 Å². The number of hydrogen-bond acceptors (Lipinski definition) is 6. The molecule has 27 heavy (non-hydrogen) atoms. The molecule has 1 N–H and O–H groups in total. The summed E-state index contributed by atoms with van der Waals surface area (Å²) in [4.78, 5) is 16.9. The molecule has 3 rings (SSSR count). The second-order valence-corrected chi connectivity index (χ2v) is 8.36. The fourth-order valence-corrected chi connectivity index (χ4v) is 4.56. The highest BCUT2D eigenvalue weighted by atomic mass is 32.1. The Morgan fingerprint density at radius 3 is 2.52 bits per heavy atom. The highest BCUT2D eigenvalue weighted by Crippen LogP contribution is 2.19. The quantitative estimate of drug-likeness (QED) is 0.564. The van der Waals surface area contributed by atoms with Crippen molar-refractivity contribution in [2.45, 2.75) is 40.0 Å². The van der Waals surface area contributed by atoms with Crippen LogP contribution in [0.2, 0.25) is 0 Å². The molecule has 1 aromatic heterocycles. The average molecular weight is 394 g/mol. The van der Waals surface area contributed by atoms with E-state index in [2.05, 4.69) is 50.1 Å². The second kappa shape index (κ2) is 10.2. The number of nitrogens with one attached hydrogen (secondary N) is 1. The van der Waals surface area contributed by atoms with E-state index in [1.54, 1.807) is 0 Å². The molecule has 8 heteroatoms. The molecule has 2 aliphatic heterocycles. The zero-order valence-corrected chi connectivity index (χ0v) is 18.0. The van der Waals surface area contributed by atoms with Crippen molar-refractivity contribution in [1.82, 2.24) is 24.5 Å². The molecule has 152 valence electrons. The van der Waals surface area contributed by atoms with Gasteiger partial charge in [-0.2, -0.15) is 4.37 Å². The highest BCUT2D eigenvalue weighted by molar-refractivity contribution is 7.09. The standard InChI is InChI=1S/C19H35N7S/c1-4-17-22-19(27-23-17)26-12-10-25(11-13-26)18(20-5-2)21-14-16(3)15-24-8-6-7-9-24/h16H,4-15H2,1-3H3,(H,20,21). The Kier molecular flexibility index (Phi) is 7.70. The Morgan fingerprint density at radius 2 is 1.89 bits per heavy atom. The maximum absolute atomic E-state index is 4.96. The summed E-state index contributed by atoms with van der Waals surface area (Å²) in [5.74, 6) is 2.63. The van der Waals surface area contributed by atoms with Gasteiger partial charge in [-0.15, -0.1) is 0 Å². The van der Waals surface area contributed by atoms with Gasteiger partial charge < -0.3 is 20.0 Å². The Bertz CT molecular complexity index is 589. The lowest BCUT2D eigenvalue weighted by atomic mass is 10.2.